The topological polar surface area (TPSA) is 0 Å². The van der Waals surface area contributed by atoms with E-state index in [2.05, 4.69) is 0 Å². The molecule has 0 spiro atoms. The van der Waals surface area contributed by atoms with Gasteiger partial charge in [-0.3, -0.25) is 0 Å². The van der Waals surface area contributed by atoms with E-state index in [1.807, 2.05) is 6.92 Å². The zero-order valence-corrected chi connectivity index (χ0v) is 5.53. The van der Waals surface area contributed by atoms with E-state index < -0.39 is 11.8 Å². The molecule has 1 aliphatic rings. The Morgan fingerprint density at radius 3 is 2.56 bits per heavy atom. The summed E-state index contributed by atoms with van der Waals surface area (Å²) in [6, 6.07) is 0. The van der Waals surface area contributed by atoms with Crippen LogP contribution in [0.2, 0.25) is 0 Å². The van der Waals surface area contributed by atoms with E-state index in [0.717, 1.165) is 12.8 Å². The van der Waals surface area contributed by atoms with E-state index in [9.17, 15) is 8.78 Å². The second-order valence-electron chi connectivity index (χ2n) is 2.60. The van der Waals surface area contributed by atoms with Crippen LogP contribution in [0, 0.1) is 12.3 Å². The van der Waals surface area contributed by atoms with Crippen molar-refractivity contribution in [2.45, 2.75) is 32.1 Å². The quantitative estimate of drug-likeness (QED) is 0.555. The lowest BCUT2D eigenvalue weighted by Crippen LogP contribution is -1.93. The molecular formula is C7H11F2. The minimum Gasteiger partial charge on any atom is -0.207 e. The van der Waals surface area contributed by atoms with Gasteiger partial charge in [0.05, 0.1) is 0 Å². The molecule has 1 aliphatic carbocycles. The third-order valence-electron chi connectivity index (χ3n) is 1.61. The summed E-state index contributed by atoms with van der Waals surface area (Å²) in [5, 5.41) is 0. The Labute approximate surface area is 54.3 Å². The Balaban J connectivity index is 2.06. The van der Waals surface area contributed by atoms with Crippen LogP contribution >= 0.6 is 0 Å². The largest absolute Gasteiger partial charge is 0.251 e. The molecule has 0 nitrogen and oxygen atoms in total. The van der Waals surface area contributed by atoms with Crippen molar-refractivity contribution in [3.63, 3.8) is 0 Å². The van der Waals surface area contributed by atoms with Crippen LogP contribution in [-0.4, -0.2) is 5.92 Å². The van der Waals surface area contributed by atoms with Crippen molar-refractivity contribution in [1.82, 2.24) is 0 Å². The first kappa shape index (κ1) is 6.97. The number of hydrogen-bond donors (Lipinski definition) is 0. The van der Waals surface area contributed by atoms with Crippen LogP contribution in [0.5, 0.6) is 0 Å². The molecule has 0 aliphatic heterocycles. The summed E-state index contributed by atoms with van der Waals surface area (Å²) in [6.07, 6.45) is 3.64. The summed E-state index contributed by atoms with van der Waals surface area (Å²) in [5.41, 5.74) is 0. The average molecular weight is 133 g/mol. The van der Waals surface area contributed by atoms with Gasteiger partial charge in [0.2, 0.25) is 0 Å². The fourth-order valence-corrected chi connectivity index (χ4v) is 0.858. The maximum atomic E-state index is 12.1. The Morgan fingerprint density at radius 2 is 2.22 bits per heavy atom. The smallest absolute Gasteiger partial charge is 0.207 e. The Kier molecular flexibility index (Phi) is 1.73. The third-order valence-corrected chi connectivity index (χ3v) is 1.61. The molecule has 0 saturated heterocycles. The molecule has 0 amide bonds. The first-order chi connectivity index (χ1) is 4.17. The van der Waals surface area contributed by atoms with Crippen LogP contribution in [0.1, 0.15) is 26.2 Å². The van der Waals surface area contributed by atoms with Crippen LogP contribution in [0.25, 0.3) is 0 Å². The first-order valence-electron chi connectivity index (χ1n) is 3.38. The Hall–Kier alpha value is -0.140. The second-order valence-corrected chi connectivity index (χ2v) is 2.60. The third kappa shape index (κ3) is 1.63. The van der Waals surface area contributed by atoms with Gasteiger partial charge in [-0.05, 0) is 12.8 Å². The van der Waals surface area contributed by atoms with E-state index in [1.54, 1.807) is 6.42 Å². The summed E-state index contributed by atoms with van der Waals surface area (Å²) in [4.78, 5) is 0. The van der Waals surface area contributed by atoms with Gasteiger partial charge in [0.25, 0.3) is 5.92 Å². The van der Waals surface area contributed by atoms with Crippen molar-refractivity contribution in [3.8, 4) is 0 Å². The van der Waals surface area contributed by atoms with Crippen LogP contribution < -0.4 is 0 Å². The van der Waals surface area contributed by atoms with Gasteiger partial charge in [0.15, 0.2) is 0 Å². The minimum atomic E-state index is -2.34. The van der Waals surface area contributed by atoms with E-state index in [0.29, 0.717) is 0 Å². The number of rotatable bonds is 3. The average Bonchev–Trinajstić information content (AvgIpc) is 2.35. The van der Waals surface area contributed by atoms with Gasteiger partial charge in [0, 0.05) is 12.3 Å². The molecule has 1 rings (SSSR count). The molecule has 0 bridgehead atoms. The van der Waals surface area contributed by atoms with Crippen molar-refractivity contribution in [2.75, 3.05) is 0 Å². The molecule has 53 valence electrons. The van der Waals surface area contributed by atoms with Gasteiger partial charge in [-0.1, -0.05) is 13.3 Å². The van der Waals surface area contributed by atoms with Gasteiger partial charge < -0.3 is 0 Å². The SMILES string of the molecule is CCC[CH]C1CC1(F)F. The van der Waals surface area contributed by atoms with Crippen molar-refractivity contribution in [2.24, 2.45) is 5.92 Å². The lowest BCUT2D eigenvalue weighted by Gasteiger charge is -1.93. The highest BCUT2D eigenvalue weighted by Gasteiger charge is 2.55. The van der Waals surface area contributed by atoms with Crippen LogP contribution in [0.4, 0.5) is 8.78 Å². The fraction of sp³-hybridized carbons (Fsp3) is 0.857. The molecule has 1 unspecified atom stereocenters. The summed E-state index contributed by atoms with van der Waals surface area (Å²) in [7, 11) is 0. The van der Waals surface area contributed by atoms with E-state index in [1.165, 1.54) is 0 Å². The van der Waals surface area contributed by atoms with Crippen molar-refractivity contribution >= 4 is 0 Å². The molecule has 1 atom stereocenters. The highest BCUT2D eigenvalue weighted by Crippen LogP contribution is 2.50. The van der Waals surface area contributed by atoms with Crippen LogP contribution in [-0.2, 0) is 0 Å². The molecule has 0 aromatic rings. The predicted octanol–water partition coefficient (Wildman–Crippen LogP) is 2.65. The summed E-state index contributed by atoms with van der Waals surface area (Å²) in [5.74, 6) is -2.73. The maximum absolute atomic E-state index is 12.1. The van der Waals surface area contributed by atoms with Gasteiger partial charge in [-0.15, -0.1) is 0 Å². The molecule has 0 N–H and O–H groups in total. The van der Waals surface area contributed by atoms with E-state index >= 15 is 0 Å². The standard InChI is InChI=1S/C7H11F2/c1-2-3-4-6-5-7(6,8)9/h4,6H,2-3,5H2,1H3. The molecule has 1 fully saturated rings. The molecule has 2 heteroatoms. The molecule has 0 heterocycles. The van der Waals surface area contributed by atoms with Gasteiger partial charge in [-0.25, -0.2) is 8.78 Å². The fourth-order valence-electron chi connectivity index (χ4n) is 0.858. The zero-order chi connectivity index (χ0) is 6.91. The van der Waals surface area contributed by atoms with Gasteiger partial charge in [0.1, 0.15) is 0 Å². The lowest BCUT2D eigenvalue weighted by molar-refractivity contribution is 0.104. The maximum Gasteiger partial charge on any atom is 0.251 e. The Morgan fingerprint density at radius 1 is 1.67 bits per heavy atom. The molecular weight excluding hydrogens is 122 g/mol. The highest BCUT2D eigenvalue weighted by molar-refractivity contribution is 5.02. The zero-order valence-electron chi connectivity index (χ0n) is 5.53. The normalized spacial score (nSPS) is 30.3. The predicted molar refractivity (Wildman–Crippen MR) is 32.3 cm³/mol. The highest BCUT2D eigenvalue weighted by atomic mass is 19.3. The minimum absolute atomic E-state index is 0.0903. The summed E-state index contributed by atoms with van der Waals surface area (Å²) < 4.78 is 24.2. The van der Waals surface area contributed by atoms with Crippen molar-refractivity contribution in [3.05, 3.63) is 6.42 Å². The van der Waals surface area contributed by atoms with Gasteiger partial charge >= 0.3 is 0 Å². The number of unbranched alkanes of at least 4 members (excludes halogenated alkanes) is 1. The summed E-state index contributed by atoms with van der Waals surface area (Å²) in [6.45, 7) is 2.00. The summed E-state index contributed by atoms with van der Waals surface area (Å²) >= 11 is 0. The van der Waals surface area contributed by atoms with Crippen molar-refractivity contribution in [1.29, 1.82) is 0 Å². The van der Waals surface area contributed by atoms with Crippen molar-refractivity contribution < 1.29 is 8.78 Å². The number of halogens is 2. The van der Waals surface area contributed by atoms with Crippen LogP contribution in [0.3, 0.4) is 0 Å². The van der Waals surface area contributed by atoms with Crippen LogP contribution in [0.15, 0.2) is 0 Å². The molecule has 1 saturated carbocycles. The lowest BCUT2D eigenvalue weighted by atomic mass is 10.2. The van der Waals surface area contributed by atoms with E-state index in [4.69, 9.17) is 0 Å². The number of hydrogen-bond acceptors (Lipinski definition) is 0. The monoisotopic (exact) mass is 133 g/mol. The van der Waals surface area contributed by atoms with E-state index in [-0.39, 0.29) is 6.42 Å². The second kappa shape index (κ2) is 2.24. The van der Waals surface area contributed by atoms with Gasteiger partial charge in [-0.2, -0.15) is 0 Å². The molecule has 1 radical (unpaired) electrons. The molecule has 9 heavy (non-hydrogen) atoms. The molecule has 0 aromatic carbocycles. The number of alkyl halides is 2. The Bertz CT molecular complexity index is 99.1. The first-order valence-corrected chi connectivity index (χ1v) is 3.38. The molecule has 0 aromatic heterocycles.